The summed E-state index contributed by atoms with van der Waals surface area (Å²) < 4.78 is 0. The van der Waals surface area contributed by atoms with Crippen molar-refractivity contribution in [2.75, 3.05) is 11.6 Å². The molecule has 4 N–H and O–H groups in total. The number of amides is 4. The lowest BCUT2D eigenvalue weighted by Gasteiger charge is -2.32. The molecule has 0 heterocycles. The quantitative estimate of drug-likeness (QED) is 0.795. The SMILES string of the molecule is CCCCN(C(N)=O)N(C(N)=O)c1ccccc1. The van der Waals surface area contributed by atoms with Gasteiger partial charge in [0.25, 0.3) is 0 Å². The fourth-order valence-electron chi connectivity index (χ4n) is 1.57. The number of carbonyl (C=O) groups excluding carboxylic acids is 2. The van der Waals surface area contributed by atoms with Gasteiger partial charge in [-0.1, -0.05) is 31.5 Å². The number of urea groups is 2. The molecule has 6 heteroatoms. The van der Waals surface area contributed by atoms with Gasteiger partial charge in [0, 0.05) is 6.54 Å². The highest BCUT2D eigenvalue weighted by Gasteiger charge is 2.23. The molecule has 18 heavy (non-hydrogen) atoms. The summed E-state index contributed by atoms with van der Waals surface area (Å²) in [5.74, 6) is 0. The lowest BCUT2D eigenvalue weighted by atomic mass is 10.3. The number of nitrogens with zero attached hydrogens (tertiary/aromatic N) is 2. The molecule has 0 saturated carbocycles. The Labute approximate surface area is 106 Å². The van der Waals surface area contributed by atoms with Crippen LogP contribution < -0.4 is 16.5 Å². The van der Waals surface area contributed by atoms with Crippen LogP contribution in [0.3, 0.4) is 0 Å². The fraction of sp³-hybridized carbons (Fsp3) is 0.333. The largest absolute Gasteiger partial charge is 0.350 e. The molecule has 0 unspecified atom stereocenters. The molecule has 4 amide bonds. The van der Waals surface area contributed by atoms with E-state index in [-0.39, 0.29) is 0 Å². The predicted octanol–water partition coefficient (Wildman–Crippen LogP) is 1.67. The maximum atomic E-state index is 11.5. The Balaban J connectivity index is 3.01. The smallest absolute Gasteiger partial charge is 0.338 e. The topological polar surface area (TPSA) is 92.7 Å². The van der Waals surface area contributed by atoms with Gasteiger partial charge in [-0.25, -0.2) is 14.6 Å². The molecule has 0 spiro atoms. The lowest BCUT2D eigenvalue weighted by molar-refractivity contribution is 0.196. The van der Waals surface area contributed by atoms with Crippen LogP contribution in [0.25, 0.3) is 0 Å². The molecule has 0 fully saturated rings. The van der Waals surface area contributed by atoms with Crippen molar-refractivity contribution >= 4 is 17.7 Å². The van der Waals surface area contributed by atoms with E-state index in [1.807, 2.05) is 13.0 Å². The predicted molar refractivity (Wildman–Crippen MR) is 69.7 cm³/mol. The number of hydrogen-bond donors (Lipinski definition) is 2. The number of benzene rings is 1. The fourth-order valence-corrected chi connectivity index (χ4v) is 1.57. The second kappa shape index (κ2) is 6.48. The first-order chi connectivity index (χ1) is 8.57. The van der Waals surface area contributed by atoms with Crippen molar-refractivity contribution in [3.8, 4) is 0 Å². The van der Waals surface area contributed by atoms with Gasteiger partial charge >= 0.3 is 12.1 Å². The van der Waals surface area contributed by atoms with Gasteiger partial charge in [0.15, 0.2) is 0 Å². The molecule has 6 nitrogen and oxygen atoms in total. The van der Waals surface area contributed by atoms with Crippen LogP contribution in [0, 0.1) is 0 Å². The van der Waals surface area contributed by atoms with E-state index in [1.54, 1.807) is 24.3 Å². The third kappa shape index (κ3) is 3.38. The van der Waals surface area contributed by atoms with Gasteiger partial charge in [-0.05, 0) is 18.6 Å². The van der Waals surface area contributed by atoms with E-state index in [4.69, 9.17) is 11.5 Å². The van der Waals surface area contributed by atoms with E-state index in [0.29, 0.717) is 12.2 Å². The Morgan fingerprint density at radius 2 is 1.72 bits per heavy atom. The van der Waals surface area contributed by atoms with E-state index >= 15 is 0 Å². The maximum absolute atomic E-state index is 11.5. The number of primary amides is 2. The zero-order chi connectivity index (χ0) is 13.5. The molecule has 0 aliphatic carbocycles. The van der Waals surface area contributed by atoms with E-state index in [9.17, 15) is 9.59 Å². The molecular weight excluding hydrogens is 232 g/mol. The molecule has 1 aromatic rings. The third-order valence-electron chi connectivity index (χ3n) is 2.43. The summed E-state index contributed by atoms with van der Waals surface area (Å²) in [6, 6.07) is 7.25. The first kappa shape index (κ1) is 13.8. The minimum Gasteiger partial charge on any atom is -0.350 e. The van der Waals surface area contributed by atoms with Gasteiger partial charge in [0.1, 0.15) is 0 Å². The number of anilines is 1. The number of unbranched alkanes of at least 4 members (excludes halogenated alkanes) is 1. The van der Waals surface area contributed by atoms with Crippen molar-refractivity contribution in [3.05, 3.63) is 30.3 Å². The van der Waals surface area contributed by atoms with Crippen LogP contribution in [0.4, 0.5) is 15.3 Å². The number of para-hydroxylation sites is 1. The monoisotopic (exact) mass is 250 g/mol. The maximum Gasteiger partial charge on any atom is 0.338 e. The molecule has 0 saturated heterocycles. The number of hydrogen-bond acceptors (Lipinski definition) is 2. The summed E-state index contributed by atoms with van der Waals surface area (Å²) in [6.45, 7) is 2.33. The molecule has 0 bridgehead atoms. The van der Waals surface area contributed by atoms with Crippen molar-refractivity contribution in [1.29, 1.82) is 0 Å². The molecular formula is C12H18N4O2. The Hall–Kier alpha value is -2.24. The van der Waals surface area contributed by atoms with Gasteiger partial charge in [-0.15, -0.1) is 0 Å². The minimum atomic E-state index is -0.740. The average molecular weight is 250 g/mol. The van der Waals surface area contributed by atoms with Gasteiger partial charge in [0.2, 0.25) is 0 Å². The summed E-state index contributed by atoms with van der Waals surface area (Å²) in [5.41, 5.74) is 11.1. The lowest BCUT2D eigenvalue weighted by Crippen LogP contribution is -2.54. The number of hydrazine groups is 1. The minimum absolute atomic E-state index is 0.351. The van der Waals surface area contributed by atoms with Crippen molar-refractivity contribution in [3.63, 3.8) is 0 Å². The van der Waals surface area contributed by atoms with Crippen LogP contribution in [0.15, 0.2) is 30.3 Å². The summed E-state index contributed by atoms with van der Waals surface area (Å²) >= 11 is 0. The van der Waals surface area contributed by atoms with Crippen LogP contribution in [-0.2, 0) is 0 Å². The number of carbonyl (C=O) groups is 2. The Morgan fingerprint density at radius 3 is 2.17 bits per heavy atom. The first-order valence-corrected chi connectivity index (χ1v) is 5.79. The van der Waals surface area contributed by atoms with Gasteiger partial charge in [-0.2, -0.15) is 5.01 Å². The van der Waals surface area contributed by atoms with E-state index < -0.39 is 12.1 Å². The van der Waals surface area contributed by atoms with E-state index in [2.05, 4.69) is 0 Å². The van der Waals surface area contributed by atoms with Gasteiger partial charge in [-0.3, -0.25) is 0 Å². The highest BCUT2D eigenvalue weighted by atomic mass is 16.2. The molecule has 0 aliphatic rings. The van der Waals surface area contributed by atoms with Gasteiger partial charge < -0.3 is 11.5 Å². The van der Waals surface area contributed by atoms with Crippen LogP contribution in [-0.4, -0.2) is 23.6 Å². The third-order valence-corrected chi connectivity index (χ3v) is 2.43. The van der Waals surface area contributed by atoms with Crippen LogP contribution in [0.2, 0.25) is 0 Å². The molecule has 0 aliphatic heterocycles. The average Bonchev–Trinajstić information content (AvgIpc) is 2.34. The molecule has 0 aromatic heterocycles. The number of rotatable bonds is 4. The molecule has 1 rings (SSSR count). The van der Waals surface area contributed by atoms with Crippen LogP contribution in [0.5, 0.6) is 0 Å². The van der Waals surface area contributed by atoms with Crippen LogP contribution >= 0.6 is 0 Å². The molecule has 0 atom stereocenters. The highest BCUT2D eigenvalue weighted by Crippen LogP contribution is 2.16. The van der Waals surface area contributed by atoms with Crippen LogP contribution in [0.1, 0.15) is 19.8 Å². The number of nitrogens with two attached hydrogens (primary N) is 2. The van der Waals surface area contributed by atoms with E-state index in [1.165, 1.54) is 0 Å². The summed E-state index contributed by atoms with van der Waals surface area (Å²) in [5, 5.41) is 2.25. The Kier molecular flexibility index (Phi) is 4.98. The summed E-state index contributed by atoms with van der Waals surface area (Å²) in [7, 11) is 0. The zero-order valence-electron chi connectivity index (χ0n) is 10.4. The van der Waals surface area contributed by atoms with Crippen molar-refractivity contribution < 1.29 is 9.59 Å². The molecule has 1 aromatic carbocycles. The second-order valence-corrected chi connectivity index (χ2v) is 3.80. The summed E-state index contributed by atoms with van der Waals surface area (Å²) in [4.78, 5) is 22.9. The van der Waals surface area contributed by atoms with Crippen molar-refractivity contribution in [1.82, 2.24) is 5.01 Å². The van der Waals surface area contributed by atoms with E-state index in [0.717, 1.165) is 22.9 Å². The Morgan fingerprint density at radius 1 is 1.11 bits per heavy atom. The molecule has 0 radical (unpaired) electrons. The molecule has 98 valence electrons. The Bertz CT molecular complexity index is 408. The highest BCUT2D eigenvalue weighted by molar-refractivity contribution is 5.93. The zero-order valence-corrected chi connectivity index (χ0v) is 10.4. The first-order valence-electron chi connectivity index (χ1n) is 5.79. The normalized spacial score (nSPS) is 9.83. The standard InChI is InChI=1S/C12H18N4O2/c1-2-3-9-15(11(13)17)16(12(14)18)10-7-5-4-6-8-10/h4-8H,2-3,9H2,1H3,(H2,13,17)(H2,14,18). The van der Waals surface area contributed by atoms with Gasteiger partial charge in [0.05, 0.1) is 5.69 Å². The van der Waals surface area contributed by atoms with Crippen molar-refractivity contribution in [2.45, 2.75) is 19.8 Å². The van der Waals surface area contributed by atoms with Crippen molar-refractivity contribution in [2.24, 2.45) is 11.5 Å². The summed E-state index contributed by atoms with van der Waals surface area (Å²) in [6.07, 6.45) is 1.62. The second-order valence-electron chi connectivity index (χ2n) is 3.80.